The molecular weight excluding hydrogens is 364 g/mol. The normalized spacial score (nSPS) is 18.6. The van der Waals surface area contributed by atoms with Crippen LogP contribution in [0, 0.1) is 6.92 Å². The van der Waals surface area contributed by atoms with E-state index >= 15 is 0 Å². The molecule has 0 bridgehead atoms. The maximum Gasteiger partial charge on any atom is 0.159 e. The van der Waals surface area contributed by atoms with E-state index in [0.717, 1.165) is 80.3 Å². The highest BCUT2D eigenvalue weighted by Crippen LogP contribution is 2.33. The summed E-state index contributed by atoms with van der Waals surface area (Å²) in [6.07, 6.45) is 8.07. The van der Waals surface area contributed by atoms with Gasteiger partial charge < -0.3 is 15.1 Å². The van der Waals surface area contributed by atoms with Crippen LogP contribution in [0.25, 0.3) is 11.0 Å². The molecule has 5 heterocycles. The molecule has 0 unspecified atom stereocenters. The Kier molecular flexibility index (Phi) is 4.79. The van der Waals surface area contributed by atoms with Crippen molar-refractivity contribution in [3.8, 4) is 0 Å². The van der Waals surface area contributed by atoms with Gasteiger partial charge in [-0.1, -0.05) is 0 Å². The number of piperidine rings is 1. The minimum atomic E-state index is 0.427. The van der Waals surface area contributed by atoms with Crippen LogP contribution in [0.4, 0.5) is 11.4 Å². The number of nitrogens with one attached hydrogen (secondary N) is 1. The summed E-state index contributed by atoms with van der Waals surface area (Å²) < 4.78 is 1.85. The second-order valence-corrected chi connectivity index (χ2v) is 8.09. The van der Waals surface area contributed by atoms with Crippen molar-refractivity contribution in [1.29, 1.82) is 0 Å². The van der Waals surface area contributed by atoms with Gasteiger partial charge in [-0.15, -0.1) is 0 Å². The summed E-state index contributed by atoms with van der Waals surface area (Å²) >= 11 is 0. The van der Waals surface area contributed by atoms with Crippen molar-refractivity contribution in [3.05, 3.63) is 36.2 Å². The Morgan fingerprint density at radius 3 is 2.41 bits per heavy atom. The highest BCUT2D eigenvalue weighted by molar-refractivity contribution is 5.89. The molecule has 8 nitrogen and oxygen atoms in total. The average Bonchev–Trinajstić information content (AvgIpc) is 3.15. The van der Waals surface area contributed by atoms with Gasteiger partial charge in [0.2, 0.25) is 0 Å². The number of aromatic nitrogens is 5. The summed E-state index contributed by atoms with van der Waals surface area (Å²) in [5, 5.41) is 8.92. The van der Waals surface area contributed by atoms with Gasteiger partial charge >= 0.3 is 0 Å². The first-order chi connectivity index (χ1) is 14.2. The molecule has 0 amide bonds. The van der Waals surface area contributed by atoms with E-state index in [1.54, 1.807) is 0 Å². The third-order valence-electron chi connectivity index (χ3n) is 6.15. The molecule has 0 radical (unpaired) electrons. The number of nitrogens with zero attached hydrogens (tertiary/aromatic N) is 7. The average molecular weight is 393 g/mol. The van der Waals surface area contributed by atoms with Gasteiger partial charge in [0.15, 0.2) is 5.65 Å². The maximum atomic E-state index is 4.73. The van der Waals surface area contributed by atoms with Crippen LogP contribution in [-0.2, 0) is 7.05 Å². The molecule has 2 aliphatic rings. The summed E-state index contributed by atoms with van der Waals surface area (Å²) in [5.74, 6) is 1.41. The molecule has 2 aliphatic heterocycles. The quantitative estimate of drug-likeness (QED) is 0.729. The Bertz CT molecular complexity index is 982. The number of rotatable bonds is 3. The van der Waals surface area contributed by atoms with Crippen molar-refractivity contribution in [1.82, 2.24) is 30.0 Å². The van der Waals surface area contributed by atoms with Crippen LogP contribution in [0.5, 0.6) is 0 Å². The predicted molar refractivity (Wildman–Crippen MR) is 115 cm³/mol. The lowest BCUT2D eigenvalue weighted by molar-refractivity contribution is 0.486. The van der Waals surface area contributed by atoms with E-state index in [2.05, 4.69) is 38.2 Å². The van der Waals surface area contributed by atoms with Crippen LogP contribution in [0.3, 0.4) is 0 Å². The van der Waals surface area contributed by atoms with Gasteiger partial charge in [0.1, 0.15) is 5.82 Å². The lowest BCUT2D eigenvalue weighted by Gasteiger charge is -2.33. The van der Waals surface area contributed by atoms with Gasteiger partial charge in [-0.05, 0) is 25.8 Å². The molecule has 1 N–H and O–H groups in total. The highest BCUT2D eigenvalue weighted by atomic mass is 15.3. The first-order valence-electron chi connectivity index (χ1n) is 10.5. The van der Waals surface area contributed by atoms with Gasteiger partial charge in [-0.2, -0.15) is 5.10 Å². The molecule has 0 aromatic carbocycles. The summed E-state index contributed by atoms with van der Waals surface area (Å²) in [5.41, 5.74) is 4.37. The van der Waals surface area contributed by atoms with Crippen LogP contribution in [0.1, 0.15) is 30.3 Å². The van der Waals surface area contributed by atoms with Crippen LogP contribution < -0.4 is 15.1 Å². The molecule has 0 aliphatic carbocycles. The fraction of sp³-hybridized carbons (Fsp3) is 0.524. The van der Waals surface area contributed by atoms with Crippen molar-refractivity contribution in [2.45, 2.75) is 25.7 Å². The lowest BCUT2D eigenvalue weighted by Crippen LogP contribution is -2.43. The Morgan fingerprint density at radius 2 is 1.69 bits per heavy atom. The van der Waals surface area contributed by atoms with E-state index in [-0.39, 0.29) is 0 Å². The zero-order valence-electron chi connectivity index (χ0n) is 17.2. The molecule has 0 saturated carbocycles. The topological polar surface area (TPSA) is 75.0 Å². The van der Waals surface area contributed by atoms with E-state index in [4.69, 9.17) is 9.97 Å². The van der Waals surface area contributed by atoms with Crippen LogP contribution >= 0.6 is 0 Å². The second-order valence-electron chi connectivity index (χ2n) is 8.09. The number of hydrogen-bond donors (Lipinski definition) is 1. The number of piperazine rings is 1. The van der Waals surface area contributed by atoms with Crippen LogP contribution in [0.2, 0.25) is 0 Å². The molecule has 2 fully saturated rings. The second kappa shape index (κ2) is 7.59. The minimum absolute atomic E-state index is 0.427. The molecule has 29 heavy (non-hydrogen) atoms. The molecule has 2 saturated heterocycles. The lowest BCUT2D eigenvalue weighted by atomic mass is 9.95. The number of aryl methyl sites for hydroxylation is 2. The number of hydrogen-bond acceptors (Lipinski definition) is 7. The van der Waals surface area contributed by atoms with Crippen LogP contribution in [-0.4, -0.2) is 64.0 Å². The van der Waals surface area contributed by atoms with Gasteiger partial charge in [0.05, 0.1) is 35.4 Å². The largest absolute Gasteiger partial charge is 0.371 e. The van der Waals surface area contributed by atoms with Crippen molar-refractivity contribution in [3.63, 3.8) is 0 Å². The molecular formula is C21H28N8. The summed E-state index contributed by atoms with van der Waals surface area (Å²) in [4.78, 5) is 18.9. The Balaban J connectivity index is 1.28. The van der Waals surface area contributed by atoms with E-state index in [1.807, 2.05) is 30.3 Å². The van der Waals surface area contributed by atoms with Crippen molar-refractivity contribution in [2.75, 3.05) is 49.1 Å². The van der Waals surface area contributed by atoms with Gasteiger partial charge in [0.25, 0.3) is 0 Å². The molecule has 152 valence electrons. The van der Waals surface area contributed by atoms with E-state index in [9.17, 15) is 0 Å². The van der Waals surface area contributed by atoms with Gasteiger partial charge in [-0.3, -0.25) is 4.68 Å². The maximum absolute atomic E-state index is 4.73. The van der Waals surface area contributed by atoms with Crippen molar-refractivity contribution in [2.24, 2.45) is 7.05 Å². The predicted octanol–water partition coefficient (Wildman–Crippen LogP) is 1.86. The molecule has 5 rings (SSSR count). The molecule has 3 aromatic heterocycles. The SMILES string of the molecule is Cc1cc(N2CCC(c3ncc(N4CCNCC4)cn3)CC2)c2cnn(C)c2n1. The first-order valence-corrected chi connectivity index (χ1v) is 10.5. The standard InChI is InChI=1S/C21H28N8/c1-15-11-19(18-14-25-27(2)21(18)26-15)29-7-3-16(4-8-29)20-23-12-17(13-24-20)28-9-5-22-6-10-28/h11-14,16,22H,3-10H2,1-2H3. The number of fused-ring (bicyclic) bond motifs is 1. The molecule has 8 heteroatoms. The van der Waals surface area contributed by atoms with Crippen molar-refractivity contribution >= 4 is 22.4 Å². The van der Waals surface area contributed by atoms with Crippen LogP contribution in [0.15, 0.2) is 24.7 Å². The highest BCUT2D eigenvalue weighted by Gasteiger charge is 2.25. The summed E-state index contributed by atoms with van der Waals surface area (Å²) in [7, 11) is 1.95. The molecule has 0 spiro atoms. The fourth-order valence-corrected chi connectivity index (χ4v) is 4.49. The Labute approximate surface area is 171 Å². The van der Waals surface area contributed by atoms with Gasteiger partial charge in [0, 0.05) is 57.9 Å². The van der Waals surface area contributed by atoms with E-state index in [1.165, 1.54) is 5.69 Å². The fourth-order valence-electron chi connectivity index (χ4n) is 4.49. The minimum Gasteiger partial charge on any atom is -0.371 e. The monoisotopic (exact) mass is 392 g/mol. The summed E-state index contributed by atoms with van der Waals surface area (Å²) in [6.45, 7) is 8.15. The van der Waals surface area contributed by atoms with Crippen molar-refractivity contribution < 1.29 is 0 Å². The number of pyridine rings is 1. The zero-order valence-corrected chi connectivity index (χ0v) is 17.2. The van der Waals surface area contributed by atoms with Gasteiger partial charge in [-0.25, -0.2) is 15.0 Å². The summed E-state index contributed by atoms with van der Waals surface area (Å²) in [6, 6.07) is 2.18. The Hall–Kier alpha value is -2.74. The smallest absolute Gasteiger partial charge is 0.159 e. The Morgan fingerprint density at radius 1 is 0.966 bits per heavy atom. The zero-order chi connectivity index (χ0) is 19.8. The first kappa shape index (κ1) is 18.3. The third kappa shape index (κ3) is 3.53. The third-order valence-corrected chi connectivity index (χ3v) is 6.15. The van der Waals surface area contributed by atoms with E-state index in [0.29, 0.717) is 5.92 Å². The molecule has 3 aromatic rings. The molecule has 0 atom stereocenters. The van der Waals surface area contributed by atoms with E-state index < -0.39 is 0 Å². The number of anilines is 2.